The van der Waals surface area contributed by atoms with Crippen LogP contribution in [0.1, 0.15) is 36.8 Å². The van der Waals surface area contributed by atoms with Crippen molar-refractivity contribution in [3.05, 3.63) is 64.1 Å². The van der Waals surface area contributed by atoms with Gasteiger partial charge in [0, 0.05) is 10.2 Å². The summed E-state index contributed by atoms with van der Waals surface area (Å²) in [6, 6.07) is 17.1. The van der Waals surface area contributed by atoms with Crippen LogP contribution in [0.5, 0.6) is 5.75 Å². The summed E-state index contributed by atoms with van der Waals surface area (Å²) in [5, 5.41) is 0. The molecule has 0 fully saturated rings. The first-order valence-electron chi connectivity index (χ1n) is 8.23. The molecular formula is C20H25BrOS. The van der Waals surface area contributed by atoms with Gasteiger partial charge in [-0.2, -0.15) is 11.8 Å². The summed E-state index contributed by atoms with van der Waals surface area (Å²) >= 11 is 5.51. The molecule has 23 heavy (non-hydrogen) atoms. The molecule has 0 heterocycles. The minimum absolute atomic E-state index is 0.935. The molecule has 124 valence electrons. The van der Waals surface area contributed by atoms with Crippen LogP contribution in [-0.4, -0.2) is 12.9 Å². The van der Waals surface area contributed by atoms with Gasteiger partial charge in [-0.25, -0.2) is 0 Å². The molecule has 2 aromatic carbocycles. The highest BCUT2D eigenvalue weighted by Gasteiger charge is 1.97. The van der Waals surface area contributed by atoms with Crippen molar-refractivity contribution in [2.24, 2.45) is 0 Å². The molecule has 0 aliphatic carbocycles. The third kappa shape index (κ3) is 7.45. The van der Waals surface area contributed by atoms with E-state index in [2.05, 4.69) is 52.3 Å². The second-order valence-electron chi connectivity index (χ2n) is 5.69. The number of hydrogen-bond donors (Lipinski definition) is 0. The van der Waals surface area contributed by atoms with Gasteiger partial charge >= 0.3 is 0 Å². The van der Waals surface area contributed by atoms with E-state index >= 15 is 0 Å². The summed E-state index contributed by atoms with van der Waals surface area (Å²) in [5.74, 6) is 3.29. The Morgan fingerprint density at radius 1 is 0.826 bits per heavy atom. The summed E-state index contributed by atoms with van der Waals surface area (Å²) in [4.78, 5) is 0. The Labute approximate surface area is 153 Å². The van der Waals surface area contributed by atoms with E-state index in [1.807, 2.05) is 23.9 Å². The van der Waals surface area contributed by atoms with Gasteiger partial charge < -0.3 is 4.74 Å². The van der Waals surface area contributed by atoms with Crippen LogP contribution in [0.4, 0.5) is 0 Å². The van der Waals surface area contributed by atoms with Crippen LogP contribution in [-0.2, 0) is 12.2 Å². The number of hydrogen-bond acceptors (Lipinski definition) is 2. The van der Waals surface area contributed by atoms with Gasteiger partial charge in [-0.15, -0.1) is 0 Å². The van der Waals surface area contributed by atoms with Gasteiger partial charge in [0.05, 0.1) is 7.11 Å². The van der Waals surface area contributed by atoms with E-state index in [9.17, 15) is 0 Å². The minimum atomic E-state index is 0.935. The van der Waals surface area contributed by atoms with Crippen molar-refractivity contribution in [3.63, 3.8) is 0 Å². The van der Waals surface area contributed by atoms with Crippen LogP contribution in [0.25, 0.3) is 0 Å². The molecule has 0 aromatic heterocycles. The first-order valence-corrected chi connectivity index (χ1v) is 10.2. The number of ether oxygens (including phenoxy) is 1. The molecule has 0 atom stereocenters. The molecule has 2 aromatic rings. The highest BCUT2D eigenvalue weighted by molar-refractivity contribution is 9.10. The Morgan fingerprint density at radius 2 is 1.48 bits per heavy atom. The standard InChI is InChI=1S/C20H25BrOS/c1-22-20-13-9-18(10-14-20)16-23-15-5-3-2-4-6-17-7-11-19(21)12-8-17/h7-14H,2-6,15-16H2,1H3. The fraction of sp³-hybridized carbons (Fsp3) is 0.400. The zero-order chi connectivity index (χ0) is 16.3. The van der Waals surface area contributed by atoms with Crippen molar-refractivity contribution in [2.45, 2.75) is 37.9 Å². The molecule has 0 aliphatic heterocycles. The van der Waals surface area contributed by atoms with Crippen molar-refractivity contribution < 1.29 is 4.74 Å². The molecule has 0 saturated heterocycles. The van der Waals surface area contributed by atoms with Crippen molar-refractivity contribution in [1.29, 1.82) is 0 Å². The first-order chi connectivity index (χ1) is 11.3. The predicted octanol–water partition coefficient (Wildman–Crippen LogP) is 6.49. The molecule has 2 rings (SSSR count). The van der Waals surface area contributed by atoms with Crippen molar-refractivity contribution in [2.75, 3.05) is 12.9 Å². The van der Waals surface area contributed by atoms with E-state index in [0.29, 0.717) is 0 Å². The fourth-order valence-corrected chi connectivity index (χ4v) is 3.69. The number of aryl methyl sites for hydroxylation is 1. The van der Waals surface area contributed by atoms with Crippen LogP contribution in [0.15, 0.2) is 53.0 Å². The average Bonchev–Trinajstić information content (AvgIpc) is 2.59. The van der Waals surface area contributed by atoms with E-state index in [1.54, 1.807) is 7.11 Å². The smallest absolute Gasteiger partial charge is 0.118 e. The molecule has 0 unspecified atom stereocenters. The van der Waals surface area contributed by atoms with Crippen molar-refractivity contribution >= 4 is 27.7 Å². The van der Waals surface area contributed by atoms with Crippen LogP contribution < -0.4 is 4.74 Å². The lowest BCUT2D eigenvalue weighted by Crippen LogP contribution is -1.88. The van der Waals surface area contributed by atoms with E-state index < -0.39 is 0 Å². The van der Waals surface area contributed by atoms with Gasteiger partial charge in [-0.05, 0) is 60.4 Å². The zero-order valence-corrected chi connectivity index (χ0v) is 16.2. The third-order valence-electron chi connectivity index (χ3n) is 3.85. The lowest BCUT2D eigenvalue weighted by atomic mass is 10.1. The highest BCUT2D eigenvalue weighted by atomic mass is 79.9. The summed E-state index contributed by atoms with van der Waals surface area (Å²) in [7, 11) is 1.71. The number of benzene rings is 2. The van der Waals surface area contributed by atoms with Crippen LogP contribution in [0, 0.1) is 0 Å². The second kappa shape index (κ2) is 10.8. The third-order valence-corrected chi connectivity index (χ3v) is 5.49. The molecule has 0 N–H and O–H groups in total. The molecule has 0 spiro atoms. The quantitative estimate of drug-likeness (QED) is 0.427. The normalized spacial score (nSPS) is 10.7. The van der Waals surface area contributed by atoms with Crippen LogP contribution in [0.2, 0.25) is 0 Å². The van der Waals surface area contributed by atoms with Gasteiger partial charge in [0.15, 0.2) is 0 Å². The maximum absolute atomic E-state index is 5.18. The first kappa shape index (κ1) is 18.4. The Kier molecular flexibility index (Phi) is 8.62. The van der Waals surface area contributed by atoms with Gasteiger partial charge in [0.2, 0.25) is 0 Å². The van der Waals surface area contributed by atoms with Gasteiger partial charge in [-0.3, -0.25) is 0 Å². The highest BCUT2D eigenvalue weighted by Crippen LogP contribution is 2.18. The monoisotopic (exact) mass is 392 g/mol. The van der Waals surface area contributed by atoms with Crippen LogP contribution >= 0.6 is 27.7 Å². The van der Waals surface area contributed by atoms with Gasteiger partial charge in [-0.1, -0.05) is 53.0 Å². The number of thioether (sulfide) groups is 1. The average molecular weight is 393 g/mol. The Bertz CT molecular complexity index is 551. The molecule has 1 nitrogen and oxygen atoms in total. The molecular weight excluding hydrogens is 368 g/mol. The van der Waals surface area contributed by atoms with Gasteiger partial charge in [0.1, 0.15) is 5.75 Å². The second-order valence-corrected chi connectivity index (χ2v) is 7.71. The van der Waals surface area contributed by atoms with Crippen LogP contribution in [0.3, 0.4) is 0 Å². The summed E-state index contributed by atoms with van der Waals surface area (Å²) in [5.41, 5.74) is 2.83. The topological polar surface area (TPSA) is 9.23 Å². The number of unbranched alkanes of at least 4 members (excludes halogenated alkanes) is 3. The van der Waals surface area contributed by atoms with Gasteiger partial charge in [0.25, 0.3) is 0 Å². The van der Waals surface area contributed by atoms with Crippen molar-refractivity contribution in [3.8, 4) is 5.75 Å². The summed E-state index contributed by atoms with van der Waals surface area (Å²) < 4.78 is 6.34. The molecule has 0 saturated carbocycles. The molecule has 3 heteroatoms. The SMILES string of the molecule is COc1ccc(CSCCCCCCc2ccc(Br)cc2)cc1. The largest absolute Gasteiger partial charge is 0.497 e. The molecule has 0 amide bonds. The number of rotatable bonds is 10. The zero-order valence-electron chi connectivity index (χ0n) is 13.8. The minimum Gasteiger partial charge on any atom is -0.497 e. The van der Waals surface area contributed by atoms with E-state index in [0.717, 1.165) is 16.0 Å². The predicted molar refractivity (Wildman–Crippen MR) is 105 cm³/mol. The van der Waals surface area contributed by atoms with E-state index in [-0.39, 0.29) is 0 Å². The fourth-order valence-electron chi connectivity index (χ4n) is 2.45. The Balaban J connectivity index is 1.48. The Morgan fingerprint density at radius 3 is 2.17 bits per heavy atom. The molecule has 0 bridgehead atoms. The molecule has 0 radical (unpaired) electrons. The van der Waals surface area contributed by atoms with E-state index in [1.165, 1.54) is 49.0 Å². The lowest BCUT2D eigenvalue weighted by molar-refractivity contribution is 0.414. The lowest BCUT2D eigenvalue weighted by Gasteiger charge is -2.05. The number of methoxy groups -OCH3 is 1. The van der Waals surface area contributed by atoms with Crippen molar-refractivity contribution in [1.82, 2.24) is 0 Å². The molecule has 0 aliphatic rings. The maximum Gasteiger partial charge on any atom is 0.118 e. The maximum atomic E-state index is 5.18. The number of halogens is 1. The summed E-state index contributed by atoms with van der Waals surface area (Å²) in [6.45, 7) is 0. The van der Waals surface area contributed by atoms with E-state index in [4.69, 9.17) is 4.74 Å². The Hall–Kier alpha value is -0.930. The summed E-state index contributed by atoms with van der Waals surface area (Å²) in [6.07, 6.45) is 6.49.